The standard InChI is InChI=1S/C17H20ClN/c1-12-7-8-14-11-13(9-10-17(14)19-12)15-5-3-2-4-6-16(15)18/h7-11,15-16H,2-6H2,1H3. The Kier molecular flexibility index (Phi) is 3.74. The summed E-state index contributed by atoms with van der Waals surface area (Å²) in [6, 6.07) is 10.9. The average molecular weight is 274 g/mol. The lowest BCUT2D eigenvalue weighted by Gasteiger charge is -2.20. The van der Waals surface area contributed by atoms with Crippen molar-refractivity contribution in [2.75, 3.05) is 0 Å². The van der Waals surface area contributed by atoms with Gasteiger partial charge in [-0.3, -0.25) is 4.98 Å². The molecule has 0 spiro atoms. The molecule has 100 valence electrons. The number of fused-ring (bicyclic) bond motifs is 1. The van der Waals surface area contributed by atoms with Gasteiger partial charge in [0.25, 0.3) is 0 Å². The zero-order valence-corrected chi connectivity index (χ0v) is 12.2. The molecule has 2 aromatic rings. The van der Waals surface area contributed by atoms with Crippen LogP contribution in [0.1, 0.15) is 49.3 Å². The van der Waals surface area contributed by atoms with E-state index in [1.165, 1.54) is 36.6 Å². The predicted molar refractivity (Wildman–Crippen MR) is 81.9 cm³/mol. The minimum absolute atomic E-state index is 0.290. The van der Waals surface area contributed by atoms with E-state index in [0.29, 0.717) is 11.3 Å². The lowest BCUT2D eigenvalue weighted by molar-refractivity contribution is 0.600. The second-order valence-electron chi connectivity index (χ2n) is 5.67. The first-order valence-corrected chi connectivity index (χ1v) is 7.69. The molecule has 2 unspecified atom stereocenters. The minimum Gasteiger partial charge on any atom is -0.253 e. The molecule has 0 amide bonds. The van der Waals surface area contributed by atoms with Gasteiger partial charge in [-0.15, -0.1) is 11.6 Å². The summed E-state index contributed by atoms with van der Waals surface area (Å²) in [5.74, 6) is 0.509. The topological polar surface area (TPSA) is 12.9 Å². The summed E-state index contributed by atoms with van der Waals surface area (Å²) in [6.07, 6.45) is 6.28. The maximum Gasteiger partial charge on any atom is 0.0705 e. The Morgan fingerprint density at radius 1 is 1.05 bits per heavy atom. The number of benzene rings is 1. The van der Waals surface area contributed by atoms with E-state index in [0.717, 1.165) is 17.6 Å². The molecule has 0 N–H and O–H groups in total. The lowest BCUT2D eigenvalue weighted by Crippen LogP contribution is -2.11. The van der Waals surface area contributed by atoms with Crippen LogP contribution in [0.15, 0.2) is 30.3 Å². The molecule has 3 rings (SSSR count). The van der Waals surface area contributed by atoms with Crippen molar-refractivity contribution < 1.29 is 0 Å². The molecule has 0 aliphatic heterocycles. The minimum atomic E-state index is 0.290. The highest BCUT2D eigenvalue weighted by Gasteiger charge is 2.23. The van der Waals surface area contributed by atoms with E-state index >= 15 is 0 Å². The van der Waals surface area contributed by atoms with Gasteiger partial charge in [-0.05, 0) is 43.5 Å². The Morgan fingerprint density at radius 3 is 2.79 bits per heavy atom. The van der Waals surface area contributed by atoms with Crippen molar-refractivity contribution in [3.63, 3.8) is 0 Å². The average Bonchev–Trinajstić information content (AvgIpc) is 2.63. The molecule has 1 aliphatic rings. The van der Waals surface area contributed by atoms with Gasteiger partial charge in [-0.1, -0.05) is 31.4 Å². The zero-order chi connectivity index (χ0) is 13.2. The van der Waals surface area contributed by atoms with E-state index < -0.39 is 0 Å². The van der Waals surface area contributed by atoms with Crippen LogP contribution in [0, 0.1) is 6.92 Å². The van der Waals surface area contributed by atoms with Crippen molar-refractivity contribution in [1.82, 2.24) is 4.98 Å². The number of alkyl halides is 1. The SMILES string of the molecule is Cc1ccc2cc(C3CCCCCC3Cl)ccc2n1. The molecule has 0 radical (unpaired) electrons. The number of nitrogens with zero attached hydrogens (tertiary/aromatic N) is 1. The third-order valence-corrected chi connectivity index (χ3v) is 4.73. The number of halogens is 1. The van der Waals surface area contributed by atoms with Gasteiger partial charge in [0.2, 0.25) is 0 Å². The fraction of sp³-hybridized carbons (Fsp3) is 0.471. The summed E-state index contributed by atoms with van der Waals surface area (Å²) in [6.45, 7) is 2.04. The van der Waals surface area contributed by atoms with E-state index in [2.05, 4.69) is 35.3 Å². The predicted octanol–water partition coefficient (Wildman–Crippen LogP) is 5.20. The quantitative estimate of drug-likeness (QED) is 0.514. The third kappa shape index (κ3) is 2.76. The molecule has 2 heteroatoms. The van der Waals surface area contributed by atoms with Crippen LogP contribution >= 0.6 is 11.6 Å². The van der Waals surface area contributed by atoms with Crippen LogP contribution in [0.4, 0.5) is 0 Å². The maximum atomic E-state index is 6.58. The summed E-state index contributed by atoms with van der Waals surface area (Å²) in [7, 11) is 0. The number of hydrogen-bond acceptors (Lipinski definition) is 1. The molecule has 1 aromatic heterocycles. The van der Waals surface area contributed by atoms with Crippen molar-refractivity contribution in [2.45, 2.75) is 50.3 Å². The highest BCUT2D eigenvalue weighted by atomic mass is 35.5. The summed E-state index contributed by atoms with van der Waals surface area (Å²) >= 11 is 6.58. The molecule has 1 aliphatic carbocycles. The largest absolute Gasteiger partial charge is 0.253 e. The van der Waals surface area contributed by atoms with Crippen LogP contribution in [-0.4, -0.2) is 10.4 Å². The summed E-state index contributed by atoms with van der Waals surface area (Å²) < 4.78 is 0. The van der Waals surface area contributed by atoms with Crippen molar-refractivity contribution in [1.29, 1.82) is 0 Å². The van der Waals surface area contributed by atoms with Gasteiger partial charge in [0.15, 0.2) is 0 Å². The highest BCUT2D eigenvalue weighted by Crippen LogP contribution is 2.36. The molecular formula is C17H20ClN. The van der Waals surface area contributed by atoms with Crippen LogP contribution in [-0.2, 0) is 0 Å². The smallest absolute Gasteiger partial charge is 0.0705 e. The van der Waals surface area contributed by atoms with E-state index in [1.54, 1.807) is 0 Å². The molecule has 0 bridgehead atoms. The van der Waals surface area contributed by atoms with Gasteiger partial charge in [0.1, 0.15) is 0 Å². The van der Waals surface area contributed by atoms with Gasteiger partial charge in [-0.2, -0.15) is 0 Å². The van der Waals surface area contributed by atoms with E-state index in [1.807, 2.05) is 6.92 Å². The highest BCUT2D eigenvalue weighted by molar-refractivity contribution is 6.21. The van der Waals surface area contributed by atoms with E-state index in [9.17, 15) is 0 Å². The fourth-order valence-electron chi connectivity index (χ4n) is 3.11. The Hall–Kier alpha value is -1.08. The number of hydrogen-bond donors (Lipinski definition) is 0. The molecule has 1 nitrogen and oxygen atoms in total. The first-order chi connectivity index (χ1) is 9.24. The molecule has 1 fully saturated rings. The summed E-state index contributed by atoms with van der Waals surface area (Å²) in [5, 5.41) is 1.52. The third-order valence-electron chi connectivity index (χ3n) is 4.21. The Morgan fingerprint density at radius 2 is 1.89 bits per heavy atom. The van der Waals surface area contributed by atoms with Crippen LogP contribution < -0.4 is 0 Å². The summed E-state index contributed by atoms with van der Waals surface area (Å²) in [5.41, 5.74) is 3.55. The fourth-order valence-corrected chi connectivity index (χ4v) is 3.54. The number of aromatic nitrogens is 1. The van der Waals surface area contributed by atoms with Gasteiger partial charge >= 0.3 is 0 Å². The van der Waals surface area contributed by atoms with Crippen LogP contribution in [0.25, 0.3) is 10.9 Å². The second-order valence-corrected chi connectivity index (χ2v) is 6.23. The van der Waals surface area contributed by atoms with Gasteiger partial charge < -0.3 is 0 Å². The number of pyridine rings is 1. The molecular weight excluding hydrogens is 254 g/mol. The molecule has 1 saturated carbocycles. The molecule has 1 heterocycles. The van der Waals surface area contributed by atoms with Crippen LogP contribution in [0.3, 0.4) is 0 Å². The van der Waals surface area contributed by atoms with Gasteiger partial charge in [0.05, 0.1) is 5.52 Å². The normalized spacial score (nSPS) is 24.3. The van der Waals surface area contributed by atoms with Crippen LogP contribution in [0.5, 0.6) is 0 Å². The molecule has 2 atom stereocenters. The first kappa shape index (κ1) is 12.9. The lowest BCUT2D eigenvalue weighted by atomic mass is 9.90. The monoisotopic (exact) mass is 273 g/mol. The number of aryl methyl sites for hydroxylation is 1. The van der Waals surface area contributed by atoms with Gasteiger partial charge in [0, 0.05) is 22.4 Å². The van der Waals surface area contributed by atoms with Crippen molar-refractivity contribution in [3.05, 3.63) is 41.6 Å². The number of rotatable bonds is 1. The maximum absolute atomic E-state index is 6.58. The molecule has 1 aromatic carbocycles. The van der Waals surface area contributed by atoms with Crippen molar-refractivity contribution in [3.8, 4) is 0 Å². The molecule has 0 saturated heterocycles. The first-order valence-electron chi connectivity index (χ1n) is 7.25. The van der Waals surface area contributed by atoms with Crippen LogP contribution in [0.2, 0.25) is 0 Å². The van der Waals surface area contributed by atoms with Crippen molar-refractivity contribution >= 4 is 22.5 Å². The Labute approximate surface area is 120 Å². The Bertz CT molecular complexity index is 578. The van der Waals surface area contributed by atoms with Gasteiger partial charge in [-0.25, -0.2) is 0 Å². The summed E-state index contributed by atoms with van der Waals surface area (Å²) in [4.78, 5) is 4.57. The molecule has 19 heavy (non-hydrogen) atoms. The van der Waals surface area contributed by atoms with E-state index in [4.69, 9.17) is 11.6 Å². The second kappa shape index (κ2) is 5.50. The van der Waals surface area contributed by atoms with E-state index in [-0.39, 0.29) is 0 Å². The zero-order valence-electron chi connectivity index (χ0n) is 11.4. The Balaban J connectivity index is 1.97. The van der Waals surface area contributed by atoms with Crippen molar-refractivity contribution in [2.24, 2.45) is 0 Å².